The highest BCUT2D eigenvalue weighted by molar-refractivity contribution is 6.05. The molecule has 1 aliphatic heterocycles. The Bertz CT molecular complexity index is 908. The molecule has 0 spiro atoms. The van der Waals surface area contributed by atoms with E-state index in [-0.39, 0.29) is 11.6 Å². The van der Waals surface area contributed by atoms with Crippen LogP contribution in [0.1, 0.15) is 55.6 Å². The third kappa shape index (κ3) is 3.28. The number of carbonyl (C=O) groups excluding carboxylic acids is 2. The van der Waals surface area contributed by atoms with Gasteiger partial charge >= 0.3 is 0 Å². The van der Waals surface area contributed by atoms with Crippen molar-refractivity contribution in [1.29, 1.82) is 0 Å². The molecule has 29 heavy (non-hydrogen) atoms. The van der Waals surface area contributed by atoms with Crippen LogP contribution in [0.25, 0.3) is 0 Å². The minimum atomic E-state index is -0.405. The average molecular weight is 394 g/mol. The number of Topliss-reactive ketones (excluding diaryl/α,β-unsaturated/α-hetero) is 2. The van der Waals surface area contributed by atoms with Crippen LogP contribution in [0.4, 0.5) is 0 Å². The number of hydrogen-bond acceptors (Lipinski definition) is 5. The Balaban J connectivity index is 1.95. The molecule has 0 atom stereocenters. The molecule has 2 aliphatic carbocycles. The van der Waals surface area contributed by atoms with E-state index in [4.69, 9.17) is 14.2 Å². The number of allylic oxidation sites excluding steroid dienone is 5. The van der Waals surface area contributed by atoms with E-state index in [1.54, 1.807) is 20.3 Å². The van der Waals surface area contributed by atoms with Crippen molar-refractivity contribution >= 4 is 11.6 Å². The molecule has 0 amide bonds. The second kappa shape index (κ2) is 7.90. The first-order valence-corrected chi connectivity index (χ1v) is 10.1. The van der Waals surface area contributed by atoms with Gasteiger partial charge in [0.15, 0.2) is 23.1 Å². The van der Waals surface area contributed by atoms with Gasteiger partial charge in [-0.25, -0.2) is 0 Å². The first kappa shape index (κ1) is 19.5. The number of hydrogen-bond donors (Lipinski definition) is 0. The van der Waals surface area contributed by atoms with E-state index in [2.05, 4.69) is 6.58 Å². The summed E-state index contributed by atoms with van der Waals surface area (Å²) >= 11 is 0. The number of methoxy groups -OCH3 is 2. The Hall–Kier alpha value is -2.82. The molecule has 0 N–H and O–H groups in total. The predicted octanol–water partition coefficient (Wildman–Crippen LogP) is 4.56. The molecule has 0 fully saturated rings. The van der Waals surface area contributed by atoms with E-state index >= 15 is 0 Å². The SMILES string of the molecule is C=CCc1cc(C2C3=C(CCCC3=O)OC3=C2C(=O)CCC3)cc(OC)c1OC. The summed E-state index contributed by atoms with van der Waals surface area (Å²) in [6, 6.07) is 3.90. The van der Waals surface area contributed by atoms with Crippen LogP contribution in [0.3, 0.4) is 0 Å². The lowest BCUT2D eigenvalue weighted by Gasteiger charge is -2.36. The molecule has 0 bridgehead atoms. The maximum absolute atomic E-state index is 12.9. The van der Waals surface area contributed by atoms with Gasteiger partial charge in [0, 0.05) is 48.3 Å². The van der Waals surface area contributed by atoms with Crippen LogP contribution in [-0.4, -0.2) is 25.8 Å². The van der Waals surface area contributed by atoms with Crippen molar-refractivity contribution in [3.8, 4) is 11.5 Å². The molecule has 1 aromatic rings. The highest BCUT2D eigenvalue weighted by Gasteiger charge is 2.42. The third-order valence-electron chi connectivity index (χ3n) is 5.92. The number of ketones is 2. The summed E-state index contributed by atoms with van der Waals surface area (Å²) < 4.78 is 17.3. The zero-order valence-electron chi connectivity index (χ0n) is 17.0. The topological polar surface area (TPSA) is 61.8 Å². The van der Waals surface area contributed by atoms with Gasteiger partial charge in [0.2, 0.25) is 0 Å². The normalized spacial score (nSPS) is 19.5. The van der Waals surface area contributed by atoms with E-state index in [1.807, 2.05) is 12.1 Å². The third-order valence-corrected chi connectivity index (χ3v) is 5.92. The summed E-state index contributed by atoms with van der Waals surface area (Å²) in [5.74, 6) is 2.44. The Labute approximate surface area is 171 Å². The van der Waals surface area contributed by atoms with E-state index in [1.165, 1.54) is 0 Å². The van der Waals surface area contributed by atoms with E-state index < -0.39 is 5.92 Å². The van der Waals surface area contributed by atoms with Crippen LogP contribution < -0.4 is 9.47 Å². The first-order chi connectivity index (χ1) is 14.1. The summed E-state index contributed by atoms with van der Waals surface area (Å²) in [5.41, 5.74) is 3.07. The van der Waals surface area contributed by atoms with Crippen molar-refractivity contribution in [1.82, 2.24) is 0 Å². The monoisotopic (exact) mass is 394 g/mol. The minimum Gasteiger partial charge on any atom is -0.493 e. The van der Waals surface area contributed by atoms with Gasteiger partial charge in [-0.15, -0.1) is 6.58 Å². The fourth-order valence-electron chi connectivity index (χ4n) is 4.69. The van der Waals surface area contributed by atoms with E-state index in [0.29, 0.717) is 41.9 Å². The van der Waals surface area contributed by atoms with Crippen LogP contribution >= 0.6 is 0 Å². The summed E-state index contributed by atoms with van der Waals surface area (Å²) in [7, 11) is 3.20. The van der Waals surface area contributed by atoms with Gasteiger partial charge < -0.3 is 14.2 Å². The molecule has 1 heterocycles. The molecule has 4 rings (SSSR count). The van der Waals surface area contributed by atoms with Crippen molar-refractivity contribution in [3.05, 3.63) is 58.6 Å². The standard InChI is InChI=1S/C24H26O5/c1-4-7-14-12-15(13-20(27-2)24(14)28-3)21-22-16(25)8-5-10-18(22)29-19-11-6-9-17(26)23(19)21/h4,12-13,21H,1,5-11H2,2-3H3. The Morgan fingerprint density at radius 1 is 1.00 bits per heavy atom. The maximum atomic E-state index is 12.9. The van der Waals surface area contributed by atoms with Crippen molar-refractivity contribution < 1.29 is 23.8 Å². The molecule has 0 radical (unpaired) electrons. The Morgan fingerprint density at radius 3 is 2.14 bits per heavy atom. The summed E-state index contributed by atoms with van der Waals surface area (Å²) in [4.78, 5) is 25.9. The zero-order chi connectivity index (χ0) is 20.5. The van der Waals surface area contributed by atoms with Crippen molar-refractivity contribution in [3.63, 3.8) is 0 Å². The number of ether oxygens (including phenoxy) is 3. The number of carbonyl (C=O) groups is 2. The van der Waals surface area contributed by atoms with Gasteiger partial charge in [-0.1, -0.05) is 12.1 Å². The maximum Gasteiger partial charge on any atom is 0.164 e. The zero-order valence-corrected chi connectivity index (χ0v) is 17.0. The smallest absolute Gasteiger partial charge is 0.164 e. The lowest BCUT2D eigenvalue weighted by molar-refractivity contribution is -0.117. The lowest BCUT2D eigenvalue weighted by Crippen LogP contribution is -2.30. The van der Waals surface area contributed by atoms with Gasteiger partial charge in [-0.2, -0.15) is 0 Å². The highest BCUT2D eigenvalue weighted by atomic mass is 16.5. The van der Waals surface area contributed by atoms with Crippen molar-refractivity contribution in [2.45, 2.75) is 50.9 Å². The molecule has 0 aromatic heterocycles. The second-order valence-electron chi connectivity index (χ2n) is 7.67. The van der Waals surface area contributed by atoms with Gasteiger partial charge in [-0.3, -0.25) is 9.59 Å². The van der Waals surface area contributed by atoms with Crippen molar-refractivity contribution in [2.24, 2.45) is 0 Å². The lowest BCUT2D eigenvalue weighted by atomic mass is 9.73. The molecule has 0 saturated heterocycles. The van der Waals surface area contributed by atoms with Gasteiger partial charge in [0.05, 0.1) is 14.2 Å². The summed E-state index contributed by atoms with van der Waals surface area (Å²) in [6.45, 7) is 3.84. The first-order valence-electron chi connectivity index (χ1n) is 10.1. The molecule has 0 unspecified atom stereocenters. The molecular weight excluding hydrogens is 368 g/mol. The van der Waals surface area contributed by atoms with Crippen LogP contribution in [0.2, 0.25) is 0 Å². The average Bonchev–Trinajstić information content (AvgIpc) is 2.72. The molecular formula is C24H26O5. The van der Waals surface area contributed by atoms with Crippen LogP contribution in [0.5, 0.6) is 11.5 Å². The molecule has 3 aliphatic rings. The molecule has 5 heteroatoms. The summed E-state index contributed by atoms with van der Waals surface area (Å²) in [6.07, 6.45) is 6.41. The van der Waals surface area contributed by atoms with Gasteiger partial charge in [0.25, 0.3) is 0 Å². The quantitative estimate of drug-likeness (QED) is 0.685. The predicted molar refractivity (Wildman–Crippen MR) is 109 cm³/mol. The number of benzene rings is 1. The van der Waals surface area contributed by atoms with Crippen LogP contribution in [0, 0.1) is 0 Å². The number of rotatable bonds is 5. The minimum absolute atomic E-state index is 0.0706. The Kier molecular flexibility index (Phi) is 5.31. The van der Waals surface area contributed by atoms with Gasteiger partial charge in [0.1, 0.15) is 11.5 Å². The second-order valence-corrected chi connectivity index (χ2v) is 7.67. The Morgan fingerprint density at radius 2 is 1.62 bits per heavy atom. The molecule has 152 valence electrons. The fraction of sp³-hybridized carbons (Fsp3) is 0.417. The van der Waals surface area contributed by atoms with E-state index in [9.17, 15) is 9.59 Å². The summed E-state index contributed by atoms with van der Waals surface area (Å²) in [5, 5.41) is 0. The van der Waals surface area contributed by atoms with Gasteiger partial charge in [-0.05, 0) is 30.9 Å². The largest absolute Gasteiger partial charge is 0.493 e. The molecule has 1 aromatic carbocycles. The van der Waals surface area contributed by atoms with Crippen molar-refractivity contribution in [2.75, 3.05) is 14.2 Å². The van der Waals surface area contributed by atoms with Crippen LogP contribution in [-0.2, 0) is 20.7 Å². The molecule has 0 saturated carbocycles. The van der Waals surface area contributed by atoms with Crippen LogP contribution in [0.15, 0.2) is 47.5 Å². The van der Waals surface area contributed by atoms with E-state index in [0.717, 1.165) is 48.3 Å². The molecule has 5 nitrogen and oxygen atoms in total. The fourth-order valence-corrected chi connectivity index (χ4v) is 4.69. The highest BCUT2D eigenvalue weighted by Crippen LogP contribution is 2.49.